The molecule has 15 aromatic rings. The lowest BCUT2D eigenvalue weighted by molar-refractivity contribution is 0.371. The van der Waals surface area contributed by atoms with Crippen LogP contribution in [0.4, 0.5) is 0 Å². The van der Waals surface area contributed by atoms with E-state index in [-0.39, 0.29) is 58.1 Å². The van der Waals surface area contributed by atoms with E-state index in [1.807, 2.05) is 6.08 Å². The van der Waals surface area contributed by atoms with E-state index in [9.17, 15) is 0 Å². The third-order valence-electron chi connectivity index (χ3n) is 30.3. The maximum Gasteiger partial charge on any atom is 0.0464 e. The molecule has 138 heavy (non-hydrogen) atoms. The molecule has 0 heterocycles. The van der Waals surface area contributed by atoms with Gasteiger partial charge in [-0.25, -0.2) is 0 Å². The highest BCUT2D eigenvalue weighted by molar-refractivity contribution is 6.24. The van der Waals surface area contributed by atoms with Crippen molar-refractivity contribution in [2.24, 2.45) is 0 Å². The van der Waals surface area contributed by atoms with Gasteiger partial charge in [-0.15, -0.1) is 34.8 Å². The average molecular weight is 1880 g/mol. The Labute approximate surface area is 845 Å². The standard InChI is InChI=1S/C135H147Cl3/c1-10-101-60-62-105(63-61-101)71-87-123(111-44-25-14-26-45-111)92-125(115-78-66-107(67-79-115)75-89-130(118-50-31-17-32-51-118)132(135(8,9)138)120-84-68-103(69-85-120)39-35-38-102-36-19-11-20-37-102)93-128(116-82-73-108(74-83-116)98-133(4,5)136)95-126(112-46-27-15-28-47-112)94-127(113-48-29-16-30-49-113)96-129(97-131(134(6,7)137)119-52-33-18-34-53-119)117-80-64-106(65-81-117)72-88-122(110-42-23-13-24-43-110)91-124(114-76-56-100(3)57-77-114)90-121(109-40-21-12-22-41-109)86-70-104-58-54-99(2)55-59-104/h10-34,36-37,40-69,73-74,76-85,121-132H,1,35,38-39,70-72,75,86-98H2,2-9H3. The van der Waals surface area contributed by atoms with Crippen molar-refractivity contribution < 1.29 is 0 Å². The molecule has 15 rings (SSSR count). The van der Waals surface area contributed by atoms with Gasteiger partial charge in [-0.2, -0.15) is 0 Å². The Morgan fingerprint density at radius 1 is 0.225 bits per heavy atom. The third-order valence-corrected chi connectivity index (χ3v) is 31.0. The Morgan fingerprint density at radius 2 is 0.464 bits per heavy atom. The van der Waals surface area contributed by atoms with Crippen LogP contribution in [-0.2, 0) is 44.9 Å². The number of aryl methyl sites for hydroxylation is 8. The summed E-state index contributed by atoms with van der Waals surface area (Å²) in [6, 6.07) is 158. The smallest absolute Gasteiger partial charge is 0.0464 e. The van der Waals surface area contributed by atoms with Crippen molar-refractivity contribution in [2.75, 3.05) is 0 Å². The Bertz CT molecular complexity index is 6030. The number of rotatable bonds is 50. The summed E-state index contributed by atoms with van der Waals surface area (Å²) in [4.78, 5) is -1.45. The van der Waals surface area contributed by atoms with E-state index in [4.69, 9.17) is 34.8 Å². The number of benzene rings is 15. The fourth-order valence-electron chi connectivity index (χ4n) is 22.7. The summed E-state index contributed by atoms with van der Waals surface area (Å²) < 4.78 is 0. The van der Waals surface area contributed by atoms with Gasteiger partial charge >= 0.3 is 0 Å². The number of hydrogen-bond acceptors (Lipinski definition) is 0. The molecule has 0 N–H and O–H groups in total. The average Bonchev–Trinajstić information content (AvgIpc) is 0.791. The molecular weight excluding hydrogens is 1730 g/mol. The Morgan fingerprint density at radius 3 is 0.790 bits per heavy atom. The number of alkyl halides is 3. The van der Waals surface area contributed by atoms with Gasteiger partial charge < -0.3 is 0 Å². The van der Waals surface area contributed by atoms with Crippen LogP contribution in [0.3, 0.4) is 0 Å². The molecule has 0 aliphatic rings. The fourth-order valence-corrected chi connectivity index (χ4v) is 23.4. The van der Waals surface area contributed by atoms with Crippen LogP contribution in [0.25, 0.3) is 6.08 Å². The fraction of sp³-hybridized carbons (Fsp3) is 0.319. The molecule has 0 aliphatic heterocycles. The molecule has 0 radical (unpaired) electrons. The highest BCUT2D eigenvalue weighted by Gasteiger charge is 2.39. The SMILES string of the molecule is C=Cc1ccc(CCC(CC(CC(CC(CC(CC(CC(c2ccccc2)C(C)(C)Cl)c2ccc(CCC(CC(CC(CCc3ccc(C)cc3)c3ccccc3)c3ccc(C)cc3)c3ccccc3)cc2)c2ccccc2)c2ccccc2)c2ccc(CC(C)(C)Cl)cc2)c2ccc(CCC(c3ccccc3)C(c3ccc(CCCc4ccccc4)cc3)C(C)(C)Cl)cc2)c2ccccc2)cc1. The van der Waals surface area contributed by atoms with Gasteiger partial charge in [0.15, 0.2) is 0 Å². The molecule has 708 valence electrons. The van der Waals surface area contributed by atoms with E-state index in [0.717, 1.165) is 134 Å². The predicted molar refractivity (Wildman–Crippen MR) is 595 cm³/mol. The summed E-state index contributed by atoms with van der Waals surface area (Å²) in [5.41, 5.74) is 29.9. The van der Waals surface area contributed by atoms with E-state index < -0.39 is 9.75 Å². The molecule has 0 saturated carbocycles. The number of hydrogen-bond donors (Lipinski definition) is 0. The van der Waals surface area contributed by atoms with Gasteiger partial charge in [-0.05, 0) is 354 Å². The molecule has 0 aliphatic carbocycles. The molecule has 3 heteroatoms. The van der Waals surface area contributed by atoms with Gasteiger partial charge in [0.1, 0.15) is 0 Å². The second-order valence-corrected chi connectivity index (χ2v) is 45.0. The predicted octanol–water partition coefficient (Wildman–Crippen LogP) is 37.7. The van der Waals surface area contributed by atoms with Gasteiger partial charge in [0.05, 0.1) is 0 Å². The highest BCUT2D eigenvalue weighted by atomic mass is 35.5. The van der Waals surface area contributed by atoms with E-state index >= 15 is 0 Å². The van der Waals surface area contributed by atoms with Gasteiger partial charge in [0.2, 0.25) is 0 Å². The van der Waals surface area contributed by atoms with E-state index in [1.165, 1.54) is 117 Å². The summed E-state index contributed by atoms with van der Waals surface area (Å²) in [7, 11) is 0. The topological polar surface area (TPSA) is 0 Å². The first kappa shape index (κ1) is 101. The third kappa shape index (κ3) is 30.2. The summed E-state index contributed by atoms with van der Waals surface area (Å²) in [5.74, 6) is 2.58. The van der Waals surface area contributed by atoms with Crippen LogP contribution in [0.5, 0.6) is 0 Å². The molecule has 0 bridgehead atoms. The zero-order chi connectivity index (χ0) is 96.1. The Hall–Kier alpha value is -11.1. The Balaban J connectivity index is 0.765. The lowest BCUT2D eigenvalue weighted by atomic mass is 9.70. The summed E-state index contributed by atoms with van der Waals surface area (Å²) in [6.45, 7) is 21.8. The van der Waals surface area contributed by atoms with Crippen LogP contribution in [0.15, 0.2) is 419 Å². The van der Waals surface area contributed by atoms with Crippen LogP contribution in [0.1, 0.15) is 318 Å². The van der Waals surface area contributed by atoms with Crippen LogP contribution >= 0.6 is 34.8 Å². The first-order valence-electron chi connectivity index (χ1n) is 51.7. The van der Waals surface area contributed by atoms with Crippen molar-refractivity contribution in [3.63, 3.8) is 0 Å². The van der Waals surface area contributed by atoms with E-state index in [2.05, 4.69) is 474 Å². The minimum Gasteiger partial charge on any atom is -0.120 e. The molecule has 0 saturated heterocycles. The lowest BCUT2D eigenvalue weighted by Crippen LogP contribution is -2.29. The van der Waals surface area contributed by atoms with Crippen molar-refractivity contribution in [1.29, 1.82) is 0 Å². The maximum absolute atomic E-state index is 7.89. The highest BCUT2D eigenvalue weighted by Crippen LogP contribution is 2.52. The first-order valence-corrected chi connectivity index (χ1v) is 52.8. The van der Waals surface area contributed by atoms with Crippen molar-refractivity contribution in [2.45, 2.75) is 269 Å². The molecule has 12 atom stereocenters. The van der Waals surface area contributed by atoms with E-state index in [1.54, 1.807) is 0 Å². The van der Waals surface area contributed by atoms with Gasteiger partial charge in [0.25, 0.3) is 0 Å². The quantitative estimate of drug-likeness (QED) is 0.0333. The van der Waals surface area contributed by atoms with Crippen molar-refractivity contribution >= 4 is 40.9 Å². The van der Waals surface area contributed by atoms with Crippen LogP contribution < -0.4 is 0 Å². The molecule has 0 fully saturated rings. The Kier molecular flexibility index (Phi) is 36.8. The van der Waals surface area contributed by atoms with Crippen LogP contribution in [0.2, 0.25) is 0 Å². The van der Waals surface area contributed by atoms with Gasteiger partial charge in [-0.3, -0.25) is 0 Å². The summed E-state index contributed by atoms with van der Waals surface area (Å²) in [6.07, 6.45) is 21.9. The second-order valence-electron chi connectivity index (χ2n) is 42.0. The van der Waals surface area contributed by atoms with Crippen molar-refractivity contribution in [3.8, 4) is 0 Å². The molecular formula is C135H147Cl3. The molecule has 0 amide bonds. The minimum atomic E-state index is -0.539. The zero-order valence-electron chi connectivity index (χ0n) is 83.2. The molecule has 15 aromatic carbocycles. The molecule has 12 unspecified atom stereocenters. The molecule has 0 aromatic heterocycles. The monoisotopic (exact) mass is 1870 g/mol. The first-order chi connectivity index (χ1) is 67.0. The normalized spacial score (nSPS) is 14.6. The lowest BCUT2D eigenvalue weighted by Gasteiger charge is -2.37. The summed E-state index contributed by atoms with van der Waals surface area (Å²) >= 11 is 22.8. The second kappa shape index (κ2) is 50.2. The zero-order valence-corrected chi connectivity index (χ0v) is 85.5. The largest absolute Gasteiger partial charge is 0.120 e. The summed E-state index contributed by atoms with van der Waals surface area (Å²) in [5, 5.41) is 0. The molecule has 0 nitrogen and oxygen atoms in total. The van der Waals surface area contributed by atoms with Crippen LogP contribution in [0, 0.1) is 13.8 Å². The van der Waals surface area contributed by atoms with Crippen molar-refractivity contribution in [1.82, 2.24) is 0 Å². The minimum absolute atomic E-state index is 0.0688. The van der Waals surface area contributed by atoms with Gasteiger partial charge in [-0.1, -0.05) is 436 Å². The maximum atomic E-state index is 7.89. The van der Waals surface area contributed by atoms with Crippen LogP contribution in [-0.4, -0.2) is 14.6 Å². The van der Waals surface area contributed by atoms with E-state index in [0.29, 0.717) is 17.8 Å². The van der Waals surface area contributed by atoms with Gasteiger partial charge in [0, 0.05) is 26.5 Å². The molecule has 0 spiro atoms. The number of halogens is 3. The van der Waals surface area contributed by atoms with Crippen molar-refractivity contribution in [3.05, 3.63) is 541 Å².